The first-order valence-electron chi connectivity index (χ1n) is 19.3. The van der Waals surface area contributed by atoms with E-state index in [1.165, 1.54) is 33.4 Å². The number of benzene rings is 9. The molecule has 0 aliphatic carbocycles. The topological polar surface area (TPSA) is 15.7 Å². The van der Waals surface area contributed by atoms with E-state index in [2.05, 4.69) is 216 Å². The Morgan fingerprint density at radius 1 is 0.281 bits per heavy atom. The molecule has 0 radical (unpaired) electrons. The lowest BCUT2D eigenvalue weighted by Gasteiger charge is -2.33. The van der Waals surface area contributed by atoms with Gasteiger partial charge in [-0.2, -0.15) is 0 Å². The number of fused-ring (bicyclic) bond motifs is 2. The molecule has 0 saturated heterocycles. The highest BCUT2D eigenvalue weighted by atomic mass is 16.5. The fourth-order valence-corrected chi connectivity index (χ4v) is 7.80. The van der Waals surface area contributed by atoms with Crippen LogP contribution >= 0.6 is 0 Å². The minimum absolute atomic E-state index is 0.844. The fraction of sp³-hybridized carbons (Fsp3) is 0. The van der Waals surface area contributed by atoms with Gasteiger partial charge in [-0.05, 0) is 123 Å². The van der Waals surface area contributed by atoms with Gasteiger partial charge in [-0.1, -0.05) is 152 Å². The second-order valence-corrected chi connectivity index (χ2v) is 14.2. The monoisotopic (exact) mass is 730 g/mol. The maximum Gasteiger partial charge on any atom is 0.151 e. The third-order valence-electron chi connectivity index (χ3n) is 10.7. The molecular weight excluding hydrogens is 693 g/mol. The lowest BCUT2D eigenvalue weighted by Crippen LogP contribution is -2.15. The molecule has 0 amide bonds. The van der Waals surface area contributed by atoms with Gasteiger partial charge in [0.1, 0.15) is 0 Å². The second-order valence-electron chi connectivity index (χ2n) is 14.2. The molecule has 0 aromatic heterocycles. The zero-order chi connectivity index (χ0) is 38.0. The first kappa shape index (κ1) is 33.9. The summed E-state index contributed by atoms with van der Waals surface area (Å²) in [6.07, 6.45) is 0. The van der Waals surface area contributed by atoms with Crippen LogP contribution in [0.15, 0.2) is 231 Å². The van der Waals surface area contributed by atoms with Gasteiger partial charge >= 0.3 is 0 Å². The van der Waals surface area contributed by atoms with E-state index >= 15 is 0 Å². The second kappa shape index (κ2) is 14.9. The molecule has 1 aliphatic heterocycles. The molecule has 0 atom stereocenters. The molecular formula is C54H38N2O. The third-order valence-corrected chi connectivity index (χ3v) is 10.7. The van der Waals surface area contributed by atoms with E-state index in [1.54, 1.807) is 0 Å². The van der Waals surface area contributed by atoms with Gasteiger partial charge in [-0.3, -0.25) is 0 Å². The average molecular weight is 731 g/mol. The third kappa shape index (κ3) is 6.73. The van der Waals surface area contributed by atoms with Crippen molar-refractivity contribution in [1.82, 2.24) is 0 Å². The zero-order valence-corrected chi connectivity index (χ0v) is 31.2. The Bertz CT molecular complexity index is 2750. The zero-order valence-electron chi connectivity index (χ0n) is 31.2. The molecule has 0 spiro atoms. The maximum atomic E-state index is 6.29. The normalized spacial score (nSPS) is 11.6. The number of hydrogen-bond acceptors (Lipinski definition) is 3. The standard InChI is InChI=1S/C54H38N2O/c1-3-13-39(14-4-1)41-25-31-47(32-26-41)55(48-33-27-42(28-34-48)45-18-11-17-44(37-45)40-15-5-2-6-16-40)49-35-29-43(30-36-49)46-19-12-20-50(38-46)56-51-21-7-9-23-53(51)57-54-24-10-8-22-52(54)56/h1-38H. The van der Waals surface area contributed by atoms with E-state index in [0.29, 0.717) is 0 Å². The van der Waals surface area contributed by atoms with E-state index in [1.807, 2.05) is 24.3 Å². The first-order chi connectivity index (χ1) is 28.2. The lowest BCUT2D eigenvalue weighted by atomic mass is 9.98. The summed E-state index contributed by atoms with van der Waals surface area (Å²) < 4.78 is 6.29. The van der Waals surface area contributed by atoms with Crippen LogP contribution in [0.1, 0.15) is 0 Å². The summed E-state index contributed by atoms with van der Waals surface area (Å²) in [7, 11) is 0. The van der Waals surface area contributed by atoms with Crippen molar-refractivity contribution >= 4 is 34.1 Å². The molecule has 9 aromatic rings. The Kier molecular flexibility index (Phi) is 8.86. The summed E-state index contributed by atoms with van der Waals surface area (Å²) in [4.78, 5) is 4.62. The Morgan fingerprint density at radius 3 is 1.12 bits per heavy atom. The van der Waals surface area contributed by atoms with Gasteiger partial charge in [0.05, 0.1) is 11.4 Å². The van der Waals surface area contributed by atoms with E-state index in [-0.39, 0.29) is 0 Å². The van der Waals surface area contributed by atoms with Crippen molar-refractivity contribution in [2.24, 2.45) is 0 Å². The van der Waals surface area contributed by atoms with Crippen LogP contribution in [0.2, 0.25) is 0 Å². The average Bonchev–Trinajstić information content (AvgIpc) is 3.29. The Balaban J connectivity index is 0.995. The van der Waals surface area contributed by atoms with Crippen LogP contribution in [-0.4, -0.2) is 0 Å². The van der Waals surface area contributed by atoms with Gasteiger partial charge < -0.3 is 14.5 Å². The molecule has 0 bridgehead atoms. The van der Waals surface area contributed by atoms with Crippen LogP contribution in [0.4, 0.5) is 34.1 Å². The molecule has 0 saturated carbocycles. The highest BCUT2D eigenvalue weighted by Gasteiger charge is 2.25. The molecule has 3 nitrogen and oxygen atoms in total. The van der Waals surface area contributed by atoms with Crippen molar-refractivity contribution in [2.75, 3.05) is 9.80 Å². The quantitative estimate of drug-likeness (QED) is 0.155. The van der Waals surface area contributed by atoms with Gasteiger partial charge in [0.15, 0.2) is 11.5 Å². The van der Waals surface area contributed by atoms with Gasteiger partial charge in [0.25, 0.3) is 0 Å². The van der Waals surface area contributed by atoms with E-state index in [4.69, 9.17) is 4.74 Å². The van der Waals surface area contributed by atoms with E-state index < -0.39 is 0 Å². The molecule has 0 N–H and O–H groups in total. The van der Waals surface area contributed by atoms with Crippen LogP contribution in [0, 0.1) is 0 Å². The predicted octanol–water partition coefficient (Wildman–Crippen LogP) is 15.4. The van der Waals surface area contributed by atoms with E-state index in [0.717, 1.165) is 56.8 Å². The predicted molar refractivity (Wildman–Crippen MR) is 238 cm³/mol. The summed E-state index contributed by atoms with van der Waals surface area (Å²) in [6.45, 7) is 0. The number of nitrogens with zero attached hydrogens (tertiary/aromatic N) is 2. The van der Waals surface area contributed by atoms with Gasteiger partial charge in [-0.25, -0.2) is 0 Å². The smallest absolute Gasteiger partial charge is 0.151 e. The fourth-order valence-electron chi connectivity index (χ4n) is 7.80. The van der Waals surface area contributed by atoms with Gasteiger partial charge in [-0.15, -0.1) is 0 Å². The SMILES string of the molecule is c1ccc(-c2ccc(N(c3ccc(-c4cccc(-c5ccccc5)c4)cc3)c3ccc(-c4cccc(N5c6ccccc6Oc6ccccc65)c4)cc3)cc2)cc1. The molecule has 9 aromatic carbocycles. The maximum absolute atomic E-state index is 6.29. The molecule has 0 unspecified atom stereocenters. The lowest BCUT2D eigenvalue weighted by molar-refractivity contribution is 0.477. The molecule has 1 aliphatic rings. The van der Waals surface area contributed by atoms with Crippen molar-refractivity contribution in [1.29, 1.82) is 0 Å². The van der Waals surface area contributed by atoms with Gasteiger partial charge in [0, 0.05) is 22.7 Å². The van der Waals surface area contributed by atoms with Crippen molar-refractivity contribution in [2.45, 2.75) is 0 Å². The van der Waals surface area contributed by atoms with Crippen LogP contribution in [0.3, 0.4) is 0 Å². The van der Waals surface area contributed by atoms with Crippen LogP contribution in [-0.2, 0) is 0 Å². The van der Waals surface area contributed by atoms with Crippen molar-refractivity contribution in [3.8, 4) is 56.0 Å². The number of rotatable bonds is 8. The Hall–Kier alpha value is -7.62. The summed E-state index contributed by atoms with van der Waals surface area (Å²) in [5, 5.41) is 0. The molecule has 0 fully saturated rings. The molecule has 1 heterocycles. The summed E-state index contributed by atoms with van der Waals surface area (Å²) in [5.74, 6) is 1.69. The summed E-state index contributed by atoms with van der Waals surface area (Å²) in [6, 6.07) is 81.7. The number of anilines is 6. The number of para-hydroxylation sites is 4. The Morgan fingerprint density at radius 2 is 0.632 bits per heavy atom. The van der Waals surface area contributed by atoms with E-state index in [9.17, 15) is 0 Å². The highest BCUT2D eigenvalue weighted by Crippen LogP contribution is 2.50. The van der Waals surface area contributed by atoms with Crippen LogP contribution in [0.25, 0.3) is 44.5 Å². The van der Waals surface area contributed by atoms with Crippen molar-refractivity contribution in [3.63, 3.8) is 0 Å². The summed E-state index contributed by atoms with van der Waals surface area (Å²) in [5.41, 5.74) is 15.8. The highest BCUT2D eigenvalue weighted by molar-refractivity contribution is 5.88. The molecule has 3 heteroatoms. The molecule has 57 heavy (non-hydrogen) atoms. The van der Waals surface area contributed by atoms with Crippen LogP contribution in [0.5, 0.6) is 11.5 Å². The van der Waals surface area contributed by atoms with Crippen LogP contribution < -0.4 is 14.5 Å². The number of ether oxygens (including phenoxy) is 1. The number of hydrogen-bond donors (Lipinski definition) is 0. The van der Waals surface area contributed by atoms with Gasteiger partial charge in [0.2, 0.25) is 0 Å². The minimum Gasteiger partial charge on any atom is -0.453 e. The minimum atomic E-state index is 0.844. The van der Waals surface area contributed by atoms with Crippen molar-refractivity contribution < 1.29 is 4.74 Å². The Labute approximate surface area is 334 Å². The summed E-state index contributed by atoms with van der Waals surface area (Å²) >= 11 is 0. The van der Waals surface area contributed by atoms with Crippen molar-refractivity contribution in [3.05, 3.63) is 231 Å². The largest absolute Gasteiger partial charge is 0.453 e. The molecule has 270 valence electrons. The first-order valence-corrected chi connectivity index (χ1v) is 19.3. The molecule has 10 rings (SSSR count).